The Balaban J connectivity index is 1.78. The van der Waals surface area contributed by atoms with Gasteiger partial charge in [-0.3, -0.25) is 9.59 Å². The molecule has 1 N–H and O–H groups in total. The van der Waals surface area contributed by atoms with E-state index in [1.165, 1.54) is 6.92 Å². The number of rotatable bonds is 4. The van der Waals surface area contributed by atoms with Gasteiger partial charge in [-0.25, -0.2) is 0 Å². The lowest BCUT2D eigenvalue weighted by Crippen LogP contribution is -2.12. The molecule has 0 atom stereocenters. The summed E-state index contributed by atoms with van der Waals surface area (Å²) in [7, 11) is 0. The molecule has 114 valence electrons. The summed E-state index contributed by atoms with van der Waals surface area (Å²) in [5, 5.41) is 6.50. The van der Waals surface area contributed by atoms with Gasteiger partial charge in [-0.15, -0.1) is 0 Å². The van der Waals surface area contributed by atoms with Gasteiger partial charge in [0.1, 0.15) is 0 Å². The number of nitrogens with zero attached hydrogens (tertiary/aromatic N) is 1. The zero-order chi connectivity index (χ0) is 16.2. The predicted octanol–water partition coefficient (Wildman–Crippen LogP) is 3.80. The molecule has 0 saturated heterocycles. The Morgan fingerprint density at radius 2 is 1.78 bits per heavy atom. The quantitative estimate of drug-likeness (QED) is 0.744. The van der Waals surface area contributed by atoms with E-state index < -0.39 is 5.91 Å². The number of hydrogen-bond donors (Lipinski definition) is 1. The molecule has 1 heterocycles. The van der Waals surface area contributed by atoms with Crippen LogP contribution in [0.25, 0.3) is 11.3 Å². The fourth-order valence-electron chi connectivity index (χ4n) is 2.13. The Kier molecular flexibility index (Phi) is 4.01. The van der Waals surface area contributed by atoms with E-state index in [0.717, 1.165) is 5.56 Å². The molecular formula is C18H14N2O3. The molecule has 0 unspecified atom stereocenters. The molecule has 1 aromatic heterocycles. The van der Waals surface area contributed by atoms with E-state index in [9.17, 15) is 9.59 Å². The van der Waals surface area contributed by atoms with Gasteiger partial charge in [0.25, 0.3) is 5.91 Å². The van der Waals surface area contributed by atoms with Crippen molar-refractivity contribution in [1.29, 1.82) is 0 Å². The number of carbonyl (C=O) groups is 2. The zero-order valence-electron chi connectivity index (χ0n) is 12.4. The first-order valence-corrected chi connectivity index (χ1v) is 7.08. The van der Waals surface area contributed by atoms with Crippen molar-refractivity contribution >= 4 is 17.4 Å². The molecule has 23 heavy (non-hydrogen) atoms. The lowest BCUT2D eigenvalue weighted by atomic mass is 10.1. The second-order valence-electron chi connectivity index (χ2n) is 5.03. The summed E-state index contributed by atoms with van der Waals surface area (Å²) >= 11 is 0. The maximum atomic E-state index is 12.2. The minimum atomic E-state index is -0.392. The molecule has 0 radical (unpaired) electrons. The van der Waals surface area contributed by atoms with Gasteiger partial charge >= 0.3 is 0 Å². The molecule has 5 heteroatoms. The van der Waals surface area contributed by atoms with E-state index in [-0.39, 0.29) is 11.5 Å². The second kappa shape index (κ2) is 6.27. The lowest BCUT2D eigenvalue weighted by Gasteiger charge is -2.04. The number of amides is 1. The third-order valence-electron chi connectivity index (χ3n) is 3.33. The van der Waals surface area contributed by atoms with Crippen LogP contribution in [0.5, 0.6) is 0 Å². The maximum absolute atomic E-state index is 12.2. The molecule has 0 spiro atoms. The maximum Gasteiger partial charge on any atom is 0.277 e. The van der Waals surface area contributed by atoms with E-state index in [1.807, 2.05) is 30.3 Å². The highest BCUT2D eigenvalue weighted by Gasteiger charge is 2.14. The molecule has 1 amide bonds. The highest BCUT2D eigenvalue weighted by molar-refractivity contribution is 6.04. The first-order valence-electron chi connectivity index (χ1n) is 7.08. The van der Waals surface area contributed by atoms with Crippen molar-refractivity contribution in [3.63, 3.8) is 0 Å². The van der Waals surface area contributed by atoms with Crippen LogP contribution in [0.15, 0.2) is 65.2 Å². The van der Waals surface area contributed by atoms with Crippen molar-refractivity contribution in [2.24, 2.45) is 0 Å². The molecule has 0 aliphatic carbocycles. The van der Waals surface area contributed by atoms with Gasteiger partial charge in [0.05, 0.1) is 0 Å². The summed E-state index contributed by atoms with van der Waals surface area (Å²) < 4.78 is 5.21. The molecular weight excluding hydrogens is 292 g/mol. The average molecular weight is 306 g/mol. The van der Waals surface area contributed by atoms with Crippen molar-refractivity contribution in [3.8, 4) is 11.3 Å². The fourth-order valence-corrected chi connectivity index (χ4v) is 2.13. The average Bonchev–Trinajstić information content (AvgIpc) is 3.06. The van der Waals surface area contributed by atoms with E-state index in [0.29, 0.717) is 17.0 Å². The first-order chi connectivity index (χ1) is 11.1. The summed E-state index contributed by atoms with van der Waals surface area (Å²) in [6, 6.07) is 17.7. The van der Waals surface area contributed by atoms with Gasteiger partial charge < -0.3 is 9.84 Å². The predicted molar refractivity (Wildman–Crippen MR) is 86.3 cm³/mol. The molecule has 0 aliphatic heterocycles. The van der Waals surface area contributed by atoms with Crippen LogP contribution in [-0.2, 0) is 0 Å². The number of ketones is 1. The largest absolute Gasteiger partial charge is 0.355 e. The normalized spacial score (nSPS) is 10.3. The Bertz CT molecular complexity index is 853. The minimum Gasteiger partial charge on any atom is -0.355 e. The second-order valence-corrected chi connectivity index (χ2v) is 5.03. The van der Waals surface area contributed by atoms with E-state index >= 15 is 0 Å². The Morgan fingerprint density at radius 1 is 1.00 bits per heavy atom. The van der Waals surface area contributed by atoms with Crippen LogP contribution in [0, 0.1) is 0 Å². The van der Waals surface area contributed by atoms with Crippen LogP contribution in [0.3, 0.4) is 0 Å². The first kappa shape index (κ1) is 14.7. The van der Waals surface area contributed by atoms with Gasteiger partial charge in [-0.2, -0.15) is 0 Å². The number of Topliss-reactive ketones (excluding diaryl/α,β-unsaturated/α-hetero) is 1. The molecule has 0 aliphatic rings. The number of carbonyl (C=O) groups excluding carboxylic acids is 2. The zero-order valence-corrected chi connectivity index (χ0v) is 12.4. The third kappa shape index (κ3) is 3.35. The van der Waals surface area contributed by atoms with Crippen molar-refractivity contribution in [1.82, 2.24) is 5.16 Å². The SMILES string of the molecule is CC(=O)c1cccc(NC(=O)c2cc(-c3ccccc3)on2)c1. The van der Waals surface area contributed by atoms with Crippen LogP contribution in [0.4, 0.5) is 5.69 Å². The number of aromatic nitrogens is 1. The van der Waals surface area contributed by atoms with Gasteiger partial charge in [-0.05, 0) is 19.1 Å². The molecule has 0 fully saturated rings. The van der Waals surface area contributed by atoms with Gasteiger partial charge in [-0.1, -0.05) is 47.6 Å². The van der Waals surface area contributed by atoms with Crippen LogP contribution < -0.4 is 5.32 Å². The van der Waals surface area contributed by atoms with Crippen LogP contribution >= 0.6 is 0 Å². The minimum absolute atomic E-state index is 0.0612. The number of anilines is 1. The molecule has 2 aromatic carbocycles. The van der Waals surface area contributed by atoms with E-state index in [2.05, 4.69) is 10.5 Å². The van der Waals surface area contributed by atoms with Gasteiger partial charge in [0.15, 0.2) is 17.2 Å². The molecule has 3 aromatic rings. The lowest BCUT2D eigenvalue weighted by molar-refractivity contribution is 0.100. The molecule has 0 saturated carbocycles. The number of hydrogen-bond acceptors (Lipinski definition) is 4. The van der Waals surface area contributed by atoms with Crippen molar-refractivity contribution < 1.29 is 14.1 Å². The summed E-state index contributed by atoms with van der Waals surface area (Å²) in [5.41, 5.74) is 2.09. The Morgan fingerprint density at radius 3 is 2.52 bits per heavy atom. The topological polar surface area (TPSA) is 72.2 Å². The summed E-state index contributed by atoms with van der Waals surface area (Å²) in [5.74, 6) is 0.0683. The molecule has 0 bridgehead atoms. The van der Waals surface area contributed by atoms with Crippen LogP contribution in [0.2, 0.25) is 0 Å². The Labute approximate surface area is 132 Å². The standard InChI is InChI=1S/C18H14N2O3/c1-12(21)14-8-5-9-15(10-14)19-18(22)16-11-17(23-20-16)13-6-3-2-4-7-13/h2-11H,1H3,(H,19,22). The Hall–Kier alpha value is -3.21. The van der Waals surface area contributed by atoms with Crippen LogP contribution in [0.1, 0.15) is 27.8 Å². The fraction of sp³-hybridized carbons (Fsp3) is 0.0556. The summed E-state index contributed by atoms with van der Waals surface area (Å²) in [6.07, 6.45) is 0. The van der Waals surface area contributed by atoms with Crippen LogP contribution in [-0.4, -0.2) is 16.8 Å². The van der Waals surface area contributed by atoms with E-state index in [4.69, 9.17) is 4.52 Å². The van der Waals surface area contributed by atoms with E-state index in [1.54, 1.807) is 30.3 Å². The summed E-state index contributed by atoms with van der Waals surface area (Å²) in [4.78, 5) is 23.6. The molecule has 5 nitrogen and oxygen atoms in total. The van der Waals surface area contributed by atoms with Crippen molar-refractivity contribution in [2.75, 3.05) is 5.32 Å². The van der Waals surface area contributed by atoms with Crippen molar-refractivity contribution in [3.05, 3.63) is 71.9 Å². The van der Waals surface area contributed by atoms with Crippen molar-refractivity contribution in [2.45, 2.75) is 6.92 Å². The monoisotopic (exact) mass is 306 g/mol. The number of benzene rings is 2. The smallest absolute Gasteiger partial charge is 0.277 e. The van der Waals surface area contributed by atoms with Gasteiger partial charge in [0.2, 0.25) is 0 Å². The third-order valence-corrected chi connectivity index (χ3v) is 3.33. The highest BCUT2D eigenvalue weighted by Crippen LogP contribution is 2.20. The van der Waals surface area contributed by atoms with Gasteiger partial charge in [0, 0.05) is 22.9 Å². The number of nitrogens with one attached hydrogen (secondary N) is 1. The summed E-state index contributed by atoms with van der Waals surface area (Å²) in [6.45, 7) is 1.48. The molecule has 3 rings (SSSR count). The highest BCUT2D eigenvalue weighted by atomic mass is 16.5.